The third kappa shape index (κ3) is 4.56. The topological polar surface area (TPSA) is 98.5 Å². The maximum Gasteiger partial charge on any atom is 0.339 e. The molecular weight excluding hydrogens is 338 g/mol. The van der Waals surface area contributed by atoms with Gasteiger partial charge in [-0.2, -0.15) is 0 Å². The summed E-state index contributed by atoms with van der Waals surface area (Å²) in [6.45, 7) is 1.27. The second kappa shape index (κ2) is 7.47. The Morgan fingerprint density at radius 1 is 1.16 bits per heavy atom. The Morgan fingerprint density at radius 2 is 1.88 bits per heavy atom. The Kier molecular flexibility index (Phi) is 5.38. The number of benzene rings is 2. The number of nitrogens with zero attached hydrogens (tertiary/aromatic N) is 1. The highest BCUT2D eigenvalue weighted by Gasteiger charge is 2.20. The lowest BCUT2D eigenvalue weighted by Crippen LogP contribution is -2.30. The van der Waals surface area contributed by atoms with Gasteiger partial charge in [-0.05, 0) is 31.2 Å². The first-order valence-corrected chi connectivity index (χ1v) is 6.99. The molecule has 1 N–H and O–H groups in total. The number of ether oxygens (including phenoxy) is 1. The van der Waals surface area contributed by atoms with E-state index in [4.69, 9.17) is 4.74 Å². The third-order valence-corrected chi connectivity index (χ3v) is 3.13. The van der Waals surface area contributed by atoms with Gasteiger partial charge in [0.25, 0.3) is 11.6 Å². The maximum absolute atomic E-state index is 13.1. The van der Waals surface area contributed by atoms with Gasteiger partial charge >= 0.3 is 5.97 Å². The van der Waals surface area contributed by atoms with Crippen LogP contribution in [0.1, 0.15) is 17.3 Å². The summed E-state index contributed by atoms with van der Waals surface area (Å²) in [5.41, 5.74) is -0.326. The Hall–Kier alpha value is -3.36. The molecule has 9 heteroatoms. The summed E-state index contributed by atoms with van der Waals surface area (Å²) in [6, 6.07) is 7.64. The number of carbonyl (C=O) groups is 2. The second-order valence-electron chi connectivity index (χ2n) is 4.97. The van der Waals surface area contributed by atoms with E-state index in [-0.39, 0.29) is 16.9 Å². The van der Waals surface area contributed by atoms with Crippen LogP contribution in [0.2, 0.25) is 0 Å². The molecule has 2 aromatic rings. The van der Waals surface area contributed by atoms with Gasteiger partial charge in [0.05, 0.1) is 10.5 Å². The molecule has 1 amide bonds. The zero-order chi connectivity index (χ0) is 18.6. The van der Waals surface area contributed by atoms with E-state index in [1.807, 2.05) is 0 Å². The summed E-state index contributed by atoms with van der Waals surface area (Å²) in [4.78, 5) is 33.9. The lowest BCUT2D eigenvalue weighted by atomic mass is 10.2. The van der Waals surface area contributed by atoms with Gasteiger partial charge in [-0.3, -0.25) is 14.9 Å². The number of rotatable bonds is 5. The molecule has 0 bridgehead atoms. The first kappa shape index (κ1) is 18.0. The van der Waals surface area contributed by atoms with Gasteiger partial charge in [0.15, 0.2) is 17.7 Å². The molecule has 0 aliphatic rings. The quantitative estimate of drug-likeness (QED) is 0.508. The molecule has 7 nitrogen and oxygen atoms in total. The van der Waals surface area contributed by atoms with Crippen molar-refractivity contribution in [2.75, 3.05) is 5.32 Å². The molecular formula is C16H12F2N2O5. The van der Waals surface area contributed by atoms with Crippen molar-refractivity contribution in [3.8, 4) is 0 Å². The van der Waals surface area contributed by atoms with Crippen LogP contribution in [0.25, 0.3) is 0 Å². The second-order valence-corrected chi connectivity index (χ2v) is 4.97. The highest BCUT2D eigenvalue weighted by Crippen LogP contribution is 2.17. The standard InChI is InChI=1S/C16H12F2N2O5/c1-9(25-16(22)10-5-6-13(17)14(18)7-10)15(21)19-11-3-2-4-12(8-11)20(23)24/h2-9H,1H3,(H,19,21). The summed E-state index contributed by atoms with van der Waals surface area (Å²) in [6.07, 6.45) is -1.26. The predicted molar refractivity (Wildman–Crippen MR) is 83.0 cm³/mol. The number of anilines is 1. The van der Waals surface area contributed by atoms with Crippen molar-refractivity contribution in [1.82, 2.24) is 0 Å². The normalized spacial score (nSPS) is 11.5. The van der Waals surface area contributed by atoms with Crippen LogP contribution in [0.4, 0.5) is 20.2 Å². The molecule has 1 atom stereocenters. The minimum absolute atomic E-state index is 0.148. The molecule has 0 aromatic heterocycles. The van der Waals surface area contributed by atoms with Crippen LogP contribution in [0, 0.1) is 21.7 Å². The van der Waals surface area contributed by atoms with Crippen molar-refractivity contribution in [1.29, 1.82) is 0 Å². The number of amides is 1. The molecule has 1 unspecified atom stereocenters. The van der Waals surface area contributed by atoms with Crippen molar-refractivity contribution in [2.45, 2.75) is 13.0 Å². The molecule has 2 rings (SSSR count). The van der Waals surface area contributed by atoms with Crippen LogP contribution in [-0.2, 0) is 9.53 Å². The maximum atomic E-state index is 13.1. The number of non-ortho nitro benzene ring substituents is 1. The van der Waals surface area contributed by atoms with Crippen molar-refractivity contribution in [3.63, 3.8) is 0 Å². The van der Waals surface area contributed by atoms with Crippen LogP contribution in [0.3, 0.4) is 0 Å². The van der Waals surface area contributed by atoms with Crippen LogP contribution in [-0.4, -0.2) is 22.9 Å². The van der Waals surface area contributed by atoms with Crippen molar-refractivity contribution < 1.29 is 28.0 Å². The van der Waals surface area contributed by atoms with Gasteiger partial charge in [-0.25, -0.2) is 13.6 Å². The Labute approximate surface area is 140 Å². The van der Waals surface area contributed by atoms with E-state index in [0.717, 1.165) is 18.2 Å². The van der Waals surface area contributed by atoms with Gasteiger partial charge in [0.1, 0.15) is 0 Å². The van der Waals surface area contributed by atoms with E-state index in [0.29, 0.717) is 6.07 Å². The van der Waals surface area contributed by atoms with Gasteiger partial charge in [0.2, 0.25) is 0 Å². The van der Waals surface area contributed by atoms with E-state index in [1.165, 1.54) is 25.1 Å². The molecule has 0 aliphatic carbocycles. The SMILES string of the molecule is CC(OC(=O)c1ccc(F)c(F)c1)C(=O)Nc1cccc([N+](=O)[O-])c1. The molecule has 0 radical (unpaired) electrons. The van der Waals surface area contributed by atoms with E-state index < -0.39 is 34.5 Å². The van der Waals surface area contributed by atoms with Crippen molar-refractivity contribution in [3.05, 3.63) is 69.8 Å². The smallest absolute Gasteiger partial charge is 0.339 e. The van der Waals surface area contributed by atoms with Gasteiger partial charge < -0.3 is 10.1 Å². The summed E-state index contributed by atoms with van der Waals surface area (Å²) >= 11 is 0. The minimum Gasteiger partial charge on any atom is -0.449 e. The van der Waals surface area contributed by atoms with Gasteiger partial charge in [-0.15, -0.1) is 0 Å². The first-order valence-electron chi connectivity index (χ1n) is 6.99. The van der Waals surface area contributed by atoms with E-state index in [2.05, 4.69) is 5.32 Å². The summed E-state index contributed by atoms with van der Waals surface area (Å²) in [5.74, 6) is -4.09. The number of nitro benzene ring substituents is 1. The molecule has 25 heavy (non-hydrogen) atoms. The summed E-state index contributed by atoms with van der Waals surface area (Å²) in [7, 11) is 0. The summed E-state index contributed by atoms with van der Waals surface area (Å²) in [5, 5.41) is 13.1. The van der Waals surface area contributed by atoms with Crippen molar-refractivity contribution in [2.24, 2.45) is 0 Å². The molecule has 2 aromatic carbocycles. The summed E-state index contributed by atoms with van der Waals surface area (Å²) < 4.78 is 30.8. The van der Waals surface area contributed by atoms with E-state index in [9.17, 15) is 28.5 Å². The Balaban J connectivity index is 2.02. The minimum atomic E-state index is -1.26. The molecule has 0 saturated heterocycles. The fraction of sp³-hybridized carbons (Fsp3) is 0.125. The highest BCUT2D eigenvalue weighted by atomic mass is 19.2. The molecule has 0 saturated carbocycles. The van der Waals surface area contributed by atoms with Crippen molar-refractivity contribution >= 4 is 23.3 Å². The average molecular weight is 350 g/mol. The van der Waals surface area contributed by atoms with E-state index >= 15 is 0 Å². The molecule has 130 valence electrons. The van der Waals surface area contributed by atoms with Gasteiger partial charge in [0, 0.05) is 17.8 Å². The lowest BCUT2D eigenvalue weighted by molar-refractivity contribution is -0.384. The number of nitrogens with one attached hydrogen (secondary N) is 1. The number of esters is 1. The number of hydrogen-bond donors (Lipinski definition) is 1. The number of carbonyl (C=O) groups excluding carboxylic acids is 2. The largest absolute Gasteiger partial charge is 0.449 e. The Morgan fingerprint density at radius 3 is 2.52 bits per heavy atom. The van der Waals surface area contributed by atoms with Crippen LogP contribution < -0.4 is 5.32 Å². The fourth-order valence-electron chi connectivity index (χ4n) is 1.85. The Bertz CT molecular complexity index is 841. The molecule has 0 fully saturated rings. The molecule has 0 heterocycles. The third-order valence-electron chi connectivity index (χ3n) is 3.13. The average Bonchev–Trinajstić information content (AvgIpc) is 2.57. The van der Waals surface area contributed by atoms with Crippen LogP contribution in [0.15, 0.2) is 42.5 Å². The van der Waals surface area contributed by atoms with Gasteiger partial charge in [-0.1, -0.05) is 6.07 Å². The lowest BCUT2D eigenvalue weighted by Gasteiger charge is -2.13. The fourth-order valence-corrected chi connectivity index (χ4v) is 1.85. The van der Waals surface area contributed by atoms with E-state index in [1.54, 1.807) is 0 Å². The number of nitro groups is 1. The van der Waals surface area contributed by atoms with Crippen LogP contribution in [0.5, 0.6) is 0 Å². The number of halogens is 2. The van der Waals surface area contributed by atoms with Crippen LogP contribution >= 0.6 is 0 Å². The number of hydrogen-bond acceptors (Lipinski definition) is 5. The zero-order valence-corrected chi connectivity index (χ0v) is 12.9. The molecule has 0 spiro atoms. The first-order chi connectivity index (χ1) is 11.8. The monoisotopic (exact) mass is 350 g/mol. The molecule has 0 aliphatic heterocycles. The zero-order valence-electron chi connectivity index (χ0n) is 12.9. The highest BCUT2D eigenvalue weighted by molar-refractivity contribution is 5.97. The predicted octanol–water partition coefficient (Wildman–Crippen LogP) is 3.06.